The highest BCUT2D eigenvalue weighted by Gasteiger charge is 2.25. The van der Waals surface area contributed by atoms with Gasteiger partial charge in [-0.05, 0) is 63.7 Å². The van der Waals surface area contributed by atoms with E-state index in [-0.39, 0.29) is 30.0 Å². The summed E-state index contributed by atoms with van der Waals surface area (Å²) in [5, 5.41) is 6.85. The number of rotatable bonds is 9. The molecule has 1 unspecified atom stereocenters. The van der Waals surface area contributed by atoms with Gasteiger partial charge in [0.1, 0.15) is 5.76 Å². The number of guanidine groups is 1. The number of furan rings is 1. The van der Waals surface area contributed by atoms with Crippen molar-refractivity contribution in [3.63, 3.8) is 0 Å². The smallest absolute Gasteiger partial charge is 0.191 e. The maximum Gasteiger partial charge on any atom is 0.191 e. The van der Waals surface area contributed by atoms with Gasteiger partial charge in [0.25, 0.3) is 0 Å². The summed E-state index contributed by atoms with van der Waals surface area (Å²) in [6.07, 6.45) is 9.80. The largest absolute Gasteiger partial charge is 0.468 e. The Kier molecular flexibility index (Phi) is 9.09. The zero-order valence-electron chi connectivity index (χ0n) is 15.4. The van der Waals surface area contributed by atoms with Gasteiger partial charge in [0.2, 0.25) is 0 Å². The van der Waals surface area contributed by atoms with Crippen molar-refractivity contribution >= 4 is 29.9 Å². The lowest BCUT2D eigenvalue weighted by molar-refractivity contribution is 0.221. The fourth-order valence-electron chi connectivity index (χ4n) is 3.44. The van der Waals surface area contributed by atoms with E-state index in [0.717, 1.165) is 50.4 Å². The molecule has 0 spiro atoms. The number of likely N-dealkylation sites (tertiary alicyclic amines) is 1. The van der Waals surface area contributed by atoms with Crippen molar-refractivity contribution in [2.75, 3.05) is 32.7 Å². The SMILES string of the molecule is CCNC(=NCC(c1ccco1)N1CCCC1)NCCCC1CC1.I. The lowest BCUT2D eigenvalue weighted by Crippen LogP contribution is -2.38. The molecule has 3 rings (SSSR count). The third-order valence-electron chi connectivity index (χ3n) is 5.00. The van der Waals surface area contributed by atoms with Crippen molar-refractivity contribution in [2.45, 2.75) is 51.5 Å². The minimum Gasteiger partial charge on any atom is -0.468 e. The summed E-state index contributed by atoms with van der Waals surface area (Å²) in [4.78, 5) is 7.34. The molecule has 2 heterocycles. The van der Waals surface area contributed by atoms with Gasteiger partial charge < -0.3 is 15.1 Å². The third kappa shape index (κ3) is 6.81. The molecule has 142 valence electrons. The van der Waals surface area contributed by atoms with Crippen LogP contribution in [0.25, 0.3) is 0 Å². The van der Waals surface area contributed by atoms with Crippen LogP contribution >= 0.6 is 24.0 Å². The average molecular weight is 460 g/mol. The van der Waals surface area contributed by atoms with Gasteiger partial charge in [0, 0.05) is 13.1 Å². The van der Waals surface area contributed by atoms with Crippen LogP contribution in [0, 0.1) is 5.92 Å². The summed E-state index contributed by atoms with van der Waals surface area (Å²) in [5.41, 5.74) is 0. The third-order valence-corrected chi connectivity index (χ3v) is 5.00. The summed E-state index contributed by atoms with van der Waals surface area (Å²) in [5.74, 6) is 2.97. The van der Waals surface area contributed by atoms with Gasteiger partial charge in [-0.2, -0.15) is 0 Å². The molecule has 1 atom stereocenters. The van der Waals surface area contributed by atoms with Crippen LogP contribution in [-0.4, -0.2) is 43.6 Å². The fourth-order valence-corrected chi connectivity index (χ4v) is 3.44. The Bertz CT molecular complexity index is 496. The molecule has 1 saturated carbocycles. The Labute approximate surface area is 169 Å². The van der Waals surface area contributed by atoms with Crippen molar-refractivity contribution < 1.29 is 4.42 Å². The number of halogens is 1. The second kappa shape index (κ2) is 11.1. The molecule has 1 aromatic heterocycles. The topological polar surface area (TPSA) is 52.8 Å². The van der Waals surface area contributed by atoms with Crippen molar-refractivity contribution in [3.05, 3.63) is 24.2 Å². The first-order valence-electron chi connectivity index (χ1n) is 9.66. The summed E-state index contributed by atoms with van der Waals surface area (Å²) < 4.78 is 5.68. The molecule has 2 fully saturated rings. The van der Waals surface area contributed by atoms with Gasteiger partial charge >= 0.3 is 0 Å². The second-order valence-corrected chi connectivity index (χ2v) is 7.01. The Morgan fingerprint density at radius 1 is 1.32 bits per heavy atom. The molecule has 2 N–H and O–H groups in total. The minimum absolute atomic E-state index is 0. The maximum absolute atomic E-state index is 5.68. The van der Waals surface area contributed by atoms with E-state index in [0.29, 0.717) is 0 Å². The molecule has 6 heteroatoms. The van der Waals surface area contributed by atoms with Crippen LogP contribution in [0.5, 0.6) is 0 Å². The van der Waals surface area contributed by atoms with Crippen LogP contribution in [-0.2, 0) is 0 Å². The minimum atomic E-state index is 0. The van der Waals surface area contributed by atoms with Crippen LogP contribution in [0.2, 0.25) is 0 Å². The molecular weight excluding hydrogens is 427 g/mol. The zero-order valence-corrected chi connectivity index (χ0v) is 17.7. The standard InChI is InChI=1S/C19H32N4O.HI/c1-2-20-19(21-11-5-7-16-9-10-16)22-15-17(18-8-6-14-24-18)23-12-3-4-13-23;/h6,8,14,16-17H,2-5,7,9-13,15H2,1H3,(H2,20,21,22);1H. The van der Waals surface area contributed by atoms with Crippen LogP contribution in [0.3, 0.4) is 0 Å². The molecule has 5 nitrogen and oxygen atoms in total. The van der Waals surface area contributed by atoms with Gasteiger partial charge in [-0.25, -0.2) is 0 Å². The second-order valence-electron chi connectivity index (χ2n) is 7.01. The Morgan fingerprint density at radius 3 is 2.76 bits per heavy atom. The number of hydrogen-bond acceptors (Lipinski definition) is 3. The highest BCUT2D eigenvalue weighted by Crippen LogP contribution is 2.33. The summed E-state index contributed by atoms with van der Waals surface area (Å²) in [6.45, 7) is 7.05. The van der Waals surface area contributed by atoms with Crippen LogP contribution < -0.4 is 10.6 Å². The maximum atomic E-state index is 5.68. The number of nitrogens with zero attached hydrogens (tertiary/aromatic N) is 2. The molecule has 1 saturated heterocycles. The number of hydrogen-bond donors (Lipinski definition) is 2. The van der Waals surface area contributed by atoms with E-state index in [1.165, 1.54) is 38.5 Å². The molecule has 0 bridgehead atoms. The van der Waals surface area contributed by atoms with Crippen molar-refractivity contribution in [1.82, 2.24) is 15.5 Å². The van der Waals surface area contributed by atoms with Crippen molar-refractivity contribution in [3.8, 4) is 0 Å². The first-order valence-corrected chi connectivity index (χ1v) is 9.66. The molecular formula is C19H33IN4O. The molecule has 2 aliphatic rings. The van der Waals surface area contributed by atoms with Gasteiger partial charge in [0.15, 0.2) is 5.96 Å². The Balaban J connectivity index is 0.00000225. The predicted molar refractivity (Wildman–Crippen MR) is 114 cm³/mol. The molecule has 1 aromatic rings. The van der Waals surface area contributed by atoms with E-state index in [1.54, 1.807) is 6.26 Å². The van der Waals surface area contributed by atoms with E-state index < -0.39 is 0 Å². The Hall–Kier alpha value is -0.760. The molecule has 25 heavy (non-hydrogen) atoms. The number of nitrogens with one attached hydrogen (secondary N) is 2. The summed E-state index contributed by atoms with van der Waals surface area (Å²) in [6, 6.07) is 4.31. The molecule has 1 aliphatic carbocycles. The lowest BCUT2D eigenvalue weighted by Gasteiger charge is -2.24. The average Bonchev–Trinajstić information content (AvgIpc) is 3.05. The first-order chi connectivity index (χ1) is 11.9. The van der Waals surface area contributed by atoms with Crippen molar-refractivity contribution in [2.24, 2.45) is 10.9 Å². The lowest BCUT2D eigenvalue weighted by atomic mass is 10.2. The van der Waals surface area contributed by atoms with E-state index >= 15 is 0 Å². The van der Waals surface area contributed by atoms with Gasteiger partial charge in [-0.1, -0.05) is 12.8 Å². The van der Waals surface area contributed by atoms with Gasteiger partial charge in [0.05, 0.1) is 18.8 Å². The van der Waals surface area contributed by atoms with Crippen LogP contribution in [0.4, 0.5) is 0 Å². The predicted octanol–water partition coefficient (Wildman–Crippen LogP) is 3.78. The van der Waals surface area contributed by atoms with E-state index in [9.17, 15) is 0 Å². The van der Waals surface area contributed by atoms with Crippen molar-refractivity contribution in [1.29, 1.82) is 0 Å². The highest BCUT2D eigenvalue weighted by molar-refractivity contribution is 14.0. The molecule has 0 amide bonds. The van der Waals surface area contributed by atoms with E-state index in [4.69, 9.17) is 9.41 Å². The Morgan fingerprint density at radius 2 is 2.12 bits per heavy atom. The first kappa shape index (κ1) is 20.6. The highest BCUT2D eigenvalue weighted by atomic mass is 127. The quantitative estimate of drug-likeness (QED) is 0.255. The number of aliphatic imine (C=N–C) groups is 1. The monoisotopic (exact) mass is 460 g/mol. The molecule has 1 aliphatic heterocycles. The normalized spacial score (nSPS) is 19.5. The van der Waals surface area contributed by atoms with E-state index in [2.05, 4.69) is 28.5 Å². The summed E-state index contributed by atoms with van der Waals surface area (Å²) in [7, 11) is 0. The van der Waals surface area contributed by atoms with Gasteiger partial charge in [-0.15, -0.1) is 24.0 Å². The van der Waals surface area contributed by atoms with E-state index in [1.807, 2.05) is 6.07 Å². The fraction of sp³-hybridized carbons (Fsp3) is 0.737. The molecule has 0 aromatic carbocycles. The van der Waals surface area contributed by atoms with Crippen LogP contribution in [0.15, 0.2) is 27.8 Å². The van der Waals surface area contributed by atoms with Gasteiger partial charge in [-0.3, -0.25) is 9.89 Å². The molecule has 0 radical (unpaired) electrons. The van der Waals surface area contributed by atoms with Crippen LogP contribution in [0.1, 0.15) is 57.3 Å². The zero-order chi connectivity index (χ0) is 16.6. The summed E-state index contributed by atoms with van der Waals surface area (Å²) >= 11 is 0.